The summed E-state index contributed by atoms with van der Waals surface area (Å²) in [6.45, 7) is 4.69. The molecule has 0 aliphatic rings. The van der Waals surface area contributed by atoms with Crippen molar-refractivity contribution in [3.63, 3.8) is 0 Å². The van der Waals surface area contributed by atoms with Crippen LogP contribution in [0.1, 0.15) is 16.8 Å². The van der Waals surface area contributed by atoms with Gasteiger partial charge < -0.3 is 10.3 Å². The van der Waals surface area contributed by atoms with Gasteiger partial charge in [0.2, 0.25) is 0 Å². The molecular weight excluding hydrogens is 238 g/mol. The first kappa shape index (κ1) is 13.5. The number of aromatic nitrogens is 2. The highest BCUT2D eigenvalue weighted by atomic mass is 16.1. The maximum absolute atomic E-state index is 12.1. The fourth-order valence-electron chi connectivity index (χ4n) is 2.00. The van der Waals surface area contributed by atoms with Crippen LogP contribution < -0.4 is 10.9 Å². The predicted molar refractivity (Wildman–Crippen MR) is 77.4 cm³/mol. The van der Waals surface area contributed by atoms with E-state index in [0.717, 1.165) is 23.4 Å². The van der Waals surface area contributed by atoms with Gasteiger partial charge >= 0.3 is 0 Å². The van der Waals surface area contributed by atoms with E-state index < -0.39 is 0 Å². The highest BCUT2D eigenvalue weighted by molar-refractivity contribution is 5.55. The average Bonchev–Trinajstić information content (AvgIpc) is 2.38. The molecule has 2 aromatic rings. The standard InChI is InChI=1S/C15H19N3O/c1-10-4-6-12(7-5-10)14-17-11(2)13(8-9-16-3)15(19)18-14/h4-7,16H,8-9H2,1-3H3,(H,17,18,19). The minimum Gasteiger partial charge on any atom is -0.319 e. The minimum absolute atomic E-state index is 0.0432. The molecule has 1 aromatic heterocycles. The van der Waals surface area contributed by atoms with Crippen LogP contribution in [-0.2, 0) is 6.42 Å². The van der Waals surface area contributed by atoms with Crippen LogP contribution in [0.2, 0.25) is 0 Å². The van der Waals surface area contributed by atoms with Crippen molar-refractivity contribution >= 4 is 0 Å². The van der Waals surface area contributed by atoms with Gasteiger partial charge in [-0.05, 0) is 33.9 Å². The molecule has 0 bridgehead atoms. The number of nitrogens with one attached hydrogen (secondary N) is 2. The monoisotopic (exact) mass is 257 g/mol. The van der Waals surface area contributed by atoms with E-state index in [-0.39, 0.29) is 5.56 Å². The Hall–Kier alpha value is -1.94. The first-order chi connectivity index (χ1) is 9.11. The Morgan fingerprint density at radius 1 is 1.21 bits per heavy atom. The van der Waals surface area contributed by atoms with Crippen LogP contribution in [0, 0.1) is 13.8 Å². The lowest BCUT2D eigenvalue weighted by Crippen LogP contribution is -2.21. The number of aryl methyl sites for hydroxylation is 2. The molecule has 0 radical (unpaired) electrons. The predicted octanol–water partition coefficient (Wildman–Crippen LogP) is 1.82. The molecule has 19 heavy (non-hydrogen) atoms. The van der Waals surface area contributed by atoms with Gasteiger partial charge in [0.25, 0.3) is 5.56 Å². The molecular formula is C15H19N3O. The van der Waals surface area contributed by atoms with Crippen molar-refractivity contribution in [2.24, 2.45) is 0 Å². The largest absolute Gasteiger partial charge is 0.319 e. The Kier molecular flexibility index (Phi) is 4.12. The Bertz CT molecular complexity index is 614. The van der Waals surface area contributed by atoms with E-state index >= 15 is 0 Å². The number of benzene rings is 1. The van der Waals surface area contributed by atoms with Gasteiger partial charge in [0.15, 0.2) is 0 Å². The van der Waals surface area contributed by atoms with E-state index in [1.165, 1.54) is 5.56 Å². The van der Waals surface area contributed by atoms with Crippen LogP contribution in [-0.4, -0.2) is 23.6 Å². The van der Waals surface area contributed by atoms with Gasteiger partial charge in [0, 0.05) is 16.8 Å². The molecule has 0 atom stereocenters. The number of hydrogen-bond acceptors (Lipinski definition) is 3. The zero-order valence-corrected chi connectivity index (χ0v) is 11.6. The molecule has 0 saturated heterocycles. The van der Waals surface area contributed by atoms with Crippen molar-refractivity contribution in [3.05, 3.63) is 51.4 Å². The normalized spacial score (nSPS) is 10.7. The van der Waals surface area contributed by atoms with Gasteiger partial charge in [0.05, 0.1) is 0 Å². The highest BCUT2D eigenvalue weighted by Crippen LogP contribution is 2.15. The smallest absolute Gasteiger partial charge is 0.254 e. The number of rotatable bonds is 4. The first-order valence-corrected chi connectivity index (χ1v) is 6.43. The topological polar surface area (TPSA) is 57.8 Å². The number of aromatic amines is 1. The molecule has 2 N–H and O–H groups in total. The molecule has 0 amide bonds. The zero-order valence-electron chi connectivity index (χ0n) is 11.6. The van der Waals surface area contributed by atoms with Crippen LogP contribution in [0.15, 0.2) is 29.1 Å². The quantitative estimate of drug-likeness (QED) is 0.878. The summed E-state index contributed by atoms with van der Waals surface area (Å²) in [6.07, 6.45) is 0.693. The zero-order chi connectivity index (χ0) is 13.8. The minimum atomic E-state index is -0.0432. The molecule has 0 aliphatic heterocycles. The molecule has 1 aromatic carbocycles. The van der Waals surface area contributed by atoms with E-state index in [1.807, 2.05) is 45.2 Å². The SMILES string of the molecule is CNCCc1c(C)nc(-c2ccc(C)cc2)[nH]c1=O. The van der Waals surface area contributed by atoms with Crippen LogP contribution in [0.3, 0.4) is 0 Å². The van der Waals surface area contributed by atoms with Gasteiger partial charge in [0.1, 0.15) is 5.82 Å². The number of H-pyrrole nitrogens is 1. The Balaban J connectivity index is 2.39. The van der Waals surface area contributed by atoms with Crippen molar-refractivity contribution in [2.45, 2.75) is 20.3 Å². The highest BCUT2D eigenvalue weighted by Gasteiger charge is 2.08. The Morgan fingerprint density at radius 2 is 1.89 bits per heavy atom. The lowest BCUT2D eigenvalue weighted by Gasteiger charge is -2.07. The Labute approximate surface area is 112 Å². The number of hydrogen-bond donors (Lipinski definition) is 2. The molecule has 0 unspecified atom stereocenters. The second-order valence-corrected chi connectivity index (χ2v) is 4.70. The summed E-state index contributed by atoms with van der Waals surface area (Å²) < 4.78 is 0. The van der Waals surface area contributed by atoms with Crippen LogP contribution in [0.25, 0.3) is 11.4 Å². The summed E-state index contributed by atoms with van der Waals surface area (Å²) in [5, 5.41) is 3.04. The molecule has 4 heteroatoms. The molecule has 1 heterocycles. The molecule has 0 aliphatic carbocycles. The number of likely N-dealkylation sites (N-methyl/N-ethyl adjacent to an activating group) is 1. The summed E-state index contributed by atoms with van der Waals surface area (Å²) in [7, 11) is 1.87. The molecule has 100 valence electrons. The van der Waals surface area contributed by atoms with Gasteiger partial charge in [-0.3, -0.25) is 4.79 Å². The molecule has 0 fully saturated rings. The van der Waals surface area contributed by atoms with E-state index in [9.17, 15) is 4.79 Å². The van der Waals surface area contributed by atoms with Crippen molar-refractivity contribution in [3.8, 4) is 11.4 Å². The van der Waals surface area contributed by atoms with Gasteiger partial charge in [-0.25, -0.2) is 4.98 Å². The molecule has 4 nitrogen and oxygen atoms in total. The maximum atomic E-state index is 12.1. The number of nitrogens with zero attached hydrogens (tertiary/aromatic N) is 1. The lowest BCUT2D eigenvalue weighted by atomic mass is 10.1. The fraction of sp³-hybridized carbons (Fsp3) is 0.333. The van der Waals surface area contributed by atoms with Crippen molar-refractivity contribution < 1.29 is 0 Å². The second-order valence-electron chi connectivity index (χ2n) is 4.70. The van der Waals surface area contributed by atoms with Crippen molar-refractivity contribution in [1.29, 1.82) is 0 Å². The maximum Gasteiger partial charge on any atom is 0.254 e. The van der Waals surface area contributed by atoms with E-state index in [2.05, 4.69) is 15.3 Å². The van der Waals surface area contributed by atoms with Crippen LogP contribution >= 0.6 is 0 Å². The van der Waals surface area contributed by atoms with Crippen LogP contribution in [0.5, 0.6) is 0 Å². The van der Waals surface area contributed by atoms with E-state index in [4.69, 9.17) is 0 Å². The third kappa shape index (κ3) is 3.09. The first-order valence-electron chi connectivity index (χ1n) is 6.43. The summed E-state index contributed by atoms with van der Waals surface area (Å²) in [4.78, 5) is 19.5. The van der Waals surface area contributed by atoms with Gasteiger partial charge in [-0.2, -0.15) is 0 Å². The van der Waals surface area contributed by atoms with E-state index in [0.29, 0.717) is 12.2 Å². The Morgan fingerprint density at radius 3 is 2.47 bits per heavy atom. The second kappa shape index (κ2) is 5.80. The molecule has 0 saturated carbocycles. The lowest BCUT2D eigenvalue weighted by molar-refractivity contribution is 0.774. The van der Waals surface area contributed by atoms with Crippen molar-refractivity contribution in [2.75, 3.05) is 13.6 Å². The summed E-state index contributed by atoms with van der Waals surface area (Å²) in [5.41, 5.74) is 3.64. The van der Waals surface area contributed by atoms with E-state index in [1.54, 1.807) is 0 Å². The third-order valence-corrected chi connectivity index (χ3v) is 3.17. The summed E-state index contributed by atoms with van der Waals surface area (Å²) in [6, 6.07) is 7.97. The van der Waals surface area contributed by atoms with Crippen molar-refractivity contribution in [1.82, 2.24) is 15.3 Å². The molecule has 0 spiro atoms. The summed E-state index contributed by atoms with van der Waals surface area (Å²) in [5.74, 6) is 0.635. The molecule has 2 rings (SSSR count). The fourth-order valence-corrected chi connectivity index (χ4v) is 2.00. The van der Waals surface area contributed by atoms with Gasteiger partial charge in [-0.15, -0.1) is 0 Å². The average molecular weight is 257 g/mol. The van der Waals surface area contributed by atoms with Crippen LogP contribution in [0.4, 0.5) is 0 Å². The summed E-state index contributed by atoms with van der Waals surface area (Å²) >= 11 is 0. The third-order valence-electron chi connectivity index (χ3n) is 3.17. The van der Waals surface area contributed by atoms with Gasteiger partial charge in [-0.1, -0.05) is 29.8 Å².